The topological polar surface area (TPSA) is 20.3 Å². The molecule has 1 aromatic carbocycles. The van der Waals surface area contributed by atoms with Gasteiger partial charge >= 0.3 is 0 Å². The van der Waals surface area contributed by atoms with E-state index in [9.17, 15) is 4.79 Å². The van der Waals surface area contributed by atoms with Crippen molar-refractivity contribution in [2.45, 2.75) is 50.9 Å². The number of alkyl halides is 1. The maximum Gasteiger partial charge on any atom is 0.241 e. The van der Waals surface area contributed by atoms with Crippen LogP contribution in [0.25, 0.3) is 0 Å². The number of nitrogens with zero attached hydrogens (tertiary/aromatic N) is 1. The summed E-state index contributed by atoms with van der Waals surface area (Å²) in [5, 5.41) is 0. The highest BCUT2D eigenvalue weighted by atomic mass is 79.9. The lowest BCUT2D eigenvalue weighted by atomic mass is 9.76. The van der Waals surface area contributed by atoms with Gasteiger partial charge in [-0.15, -0.1) is 0 Å². The first-order valence-corrected chi connectivity index (χ1v) is 7.26. The van der Waals surface area contributed by atoms with Crippen LogP contribution >= 0.6 is 15.9 Å². The van der Waals surface area contributed by atoms with Gasteiger partial charge < -0.3 is 4.90 Å². The van der Waals surface area contributed by atoms with Gasteiger partial charge in [0.2, 0.25) is 5.91 Å². The van der Waals surface area contributed by atoms with E-state index in [1.165, 1.54) is 11.1 Å². The molecular formula is C15H20BrNO. The lowest BCUT2D eigenvalue weighted by Crippen LogP contribution is -2.53. The third-order valence-corrected chi connectivity index (χ3v) is 5.25. The molecule has 0 saturated heterocycles. The van der Waals surface area contributed by atoms with Gasteiger partial charge in [-0.25, -0.2) is 0 Å². The second kappa shape index (κ2) is 4.37. The first-order chi connectivity index (χ1) is 8.26. The summed E-state index contributed by atoms with van der Waals surface area (Å²) in [6.07, 6.45) is 0. The molecule has 2 nitrogen and oxygen atoms in total. The Morgan fingerprint density at radius 3 is 2.50 bits per heavy atom. The minimum atomic E-state index is -0.177. The summed E-state index contributed by atoms with van der Waals surface area (Å²) in [7, 11) is 0. The molecule has 0 aromatic heterocycles. The molecule has 0 bridgehead atoms. The summed E-state index contributed by atoms with van der Waals surface area (Å²) in [5.74, 6) is 0.159. The van der Waals surface area contributed by atoms with Gasteiger partial charge in [0.15, 0.2) is 0 Å². The van der Waals surface area contributed by atoms with E-state index < -0.39 is 0 Å². The molecule has 98 valence electrons. The van der Waals surface area contributed by atoms with Crippen LogP contribution in [0.15, 0.2) is 18.2 Å². The van der Waals surface area contributed by atoms with Crippen LogP contribution in [-0.4, -0.2) is 16.8 Å². The zero-order valence-electron chi connectivity index (χ0n) is 11.6. The summed E-state index contributed by atoms with van der Waals surface area (Å²) in [4.78, 5) is 14.2. The summed E-state index contributed by atoms with van der Waals surface area (Å²) >= 11 is 3.59. The fraction of sp³-hybridized carbons (Fsp3) is 0.533. The number of carbonyl (C=O) groups is 1. The molecular weight excluding hydrogens is 290 g/mol. The van der Waals surface area contributed by atoms with Crippen LogP contribution in [0.3, 0.4) is 0 Å². The molecule has 0 saturated carbocycles. The van der Waals surface area contributed by atoms with Crippen LogP contribution in [0, 0.1) is 6.92 Å². The van der Waals surface area contributed by atoms with E-state index in [1.54, 1.807) is 0 Å². The number of halogens is 1. The van der Waals surface area contributed by atoms with Crippen molar-refractivity contribution in [3.05, 3.63) is 29.3 Å². The Labute approximate surface area is 117 Å². The summed E-state index contributed by atoms with van der Waals surface area (Å²) in [6.45, 7) is 10.5. The number of fused-ring (bicyclic) bond motifs is 1. The van der Waals surface area contributed by atoms with Gasteiger partial charge in [-0.2, -0.15) is 0 Å². The molecule has 1 unspecified atom stereocenters. The van der Waals surface area contributed by atoms with Gasteiger partial charge in [0.25, 0.3) is 0 Å². The first kappa shape index (κ1) is 13.6. The van der Waals surface area contributed by atoms with Gasteiger partial charge in [0.1, 0.15) is 4.83 Å². The lowest BCUT2D eigenvalue weighted by molar-refractivity contribution is -0.119. The van der Waals surface area contributed by atoms with Gasteiger partial charge in [-0.3, -0.25) is 4.79 Å². The summed E-state index contributed by atoms with van der Waals surface area (Å²) in [5.41, 5.74) is 3.36. The van der Waals surface area contributed by atoms with E-state index in [1.807, 2.05) is 4.90 Å². The van der Waals surface area contributed by atoms with Crippen molar-refractivity contribution in [1.82, 2.24) is 0 Å². The van der Waals surface area contributed by atoms with E-state index in [4.69, 9.17) is 0 Å². The molecule has 0 aliphatic carbocycles. The van der Waals surface area contributed by atoms with E-state index in [0.29, 0.717) is 0 Å². The number of carbonyl (C=O) groups excluding carboxylic acids is 1. The lowest BCUT2D eigenvalue weighted by Gasteiger charge is -2.44. The van der Waals surface area contributed by atoms with Gasteiger partial charge in [0, 0.05) is 17.1 Å². The number of rotatable bonds is 1. The third kappa shape index (κ3) is 1.89. The Bertz CT molecular complexity index is 493. The molecule has 0 N–H and O–H groups in total. The molecule has 0 fully saturated rings. The normalized spacial score (nSPS) is 22.3. The third-order valence-electron chi connectivity index (χ3n) is 3.71. The van der Waals surface area contributed by atoms with Crippen LogP contribution in [0.5, 0.6) is 0 Å². The zero-order valence-corrected chi connectivity index (χ0v) is 13.2. The molecule has 18 heavy (non-hydrogen) atoms. The van der Waals surface area contributed by atoms with Crippen molar-refractivity contribution in [3.8, 4) is 0 Å². The minimum Gasteiger partial charge on any atom is -0.309 e. The Hall–Kier alpha value is -0.830. The maximum absolute atomic E-state index is 12.5. The maximum atomic E-state index is 12.5. The average molecular weight is 310 g/mol. The van der Waals surface area contributed by atoms with Crippen LogP contribution in [-0.2, 0) is 10.2 Å². The number of hydrogen-bond acceptors (Lipinski definition) is 1. The smallest absolute Gasteiger partial charge is 0.241 e. The Balaban J connectivity index is 2.69. The molecule has 1 aromatic rings. The molecule has 3 heteroatoms. The van der Waals surface area contributed by atoms with Gasteiger partial charge in [-0.05, 0) is 32.4 Å². The standard InChI is InChI=1S/C15H20BrNO/c1-9(2)17-12-7-6-10(3)8-11(12)15(4,5)13(16)14(17)18/h6-9,13H,1-5H3. The number of aryl methyl sites for hydroxylation is 1. The number of hydrogen-bond donors (Lipinski definition) is 0. The molecule has 1 atom stereocenters. The Kier molecular flexibility index (Phi) is 3.30. The monoisotopic (exact) mass is 309 g/mol. The van der Waals surface area contributed by atoms with Gasteiger partial charge in [-0.1, -0.05) is 47.5 Å². The molecule has 0 spiro atoms. The van der Waals surface area contributed by atoms with Crippen molar-refractivity contribution >= 4 is 27.5 Å². The van der Waals surface area contributed by atoms with Crippen LogP contribution in [0.1, 0.15) is 38.8 Å². The molecule has 1 aliphatic heterocycles. The summed E-state index contributed by atoms with van der Waals surface area (Å²) in [6, 6.07) is 6.52. The van der Waals surface area contributed by atoms with Crippen molar-refractivity contribution < 1.29 is 4.79 Å². The fourth-order valence-electron chi connectivity index (χ4n) is 2.59. The molecule has 0 radical (unpaired) electrons. The average Bonchev–Trinajstić information content (AvgIpc) is 2.28. The van der Waals surface area contributed by atoms with Crippen LogP contribution in [0.4, 0.5) is 5.69 Å². The molecule has 1 amide bonds. The number of amides is 1. The summed E-state index contributed by atoms with van der Waals surface area (Å²) < 4.78 is 0. The number of benzene rings is 1. The van der Waals surface area contributed by atoms with E-state index in [0.717, 1.165) is 5.69 Å². The largest absolute Gasteiger partial charge is 0.309 e. The molecule has 1 heterocycles. The van der Waals surface area contributed by atoms with Crippen molar-refractivity contribution in [1.29, 1.82) is 0 Å². The van der Waals surface area contributed by atoms with Crippen LogP contribution < -0.4 is 4.90 Å². The second-order valence-corrected chi connectivity index (χ2v) is 6.82. The van der Waals surface area contributed by atoms with Crippen molar-refractivity contribution in [2.75, 3.05) is 4.90 Å². The Morgan fingerprint density at radius 1 is 1.33 bits per heavy atom. The Morgan fingerprint density at radius 2 is 1.94 bits per heavy atom. The van der Waals surface area contributed by atoms with Crippen LogP contribution in [0.2, 0.25) is 0 Å². The highest BCUT2D eigenvalue weighted by Crippen LogP contribution is 2.44. The van der Waals surface area contributed by atoms with E-state index in [2.05, 4.69) is 68.7 Å². The van der Waals surface area contributed by atoms with Gasteiger partial charge in [0.05, 0.1) is 0 Å². The van der Waals surface area contributed by atoms with Crippen molar-refractivity contribution in [3.63, 3.8) is 0 Å². The minimum absolute atomic E-state index is 0.159. The fourth-order valence-corrected chi connectivity index (χ4v) is 3.06. The highest BCUT2D eigenvalue weighted by Gasteiger charge is 2.44. The highest BCUT2D eigenvalue weighted by molar-refractivity contribution is 9.10. The first-order valence-electron chi connectivity index (χ1n) is 6.35. The number of anilines is 1. The zero-order chi connectivity index (χ0) is 13.7. The quantitative estimate of drug-likeness (QED) is 0.723. The predicted octanol–water partition coefficient (Wildman–Crippen LogP) is 3.79. The molecule has 1 aliphatic rings. The second-order valence-electron chi connectivity index (χ2n) is 5.91. The SMILES string of the molecule is Cc1ccc2c(c1)C(C)(C)C(Br)C(=O)N2C(C)C. The van der Waals surface area contributed by atoms with E-state index >= 15 is 0 Å². The molecule has 2 rings (SSSR count). The predicted molar refractivity (Wildman–Crippen MR) is 79.5 cm³/mol. The van der Waals surface area contributed by atoms with E-state index in [-0.39, 0.29) is 22.2 Å². The van der Waals surface area contributed by atoms with Crippen molar-refractivity contribution in [2.24, 2.45) is 0 Å².